The minimum absolute atomic E-state index is 0.391. The number of fused-ring (bicyclic) bond motifs is 10. The first-order chi connectivity index (χ1) is 37.7. The van der Waals surface area contributed by atoms with E-state index in [9.17, 15) is 0 Å². The molecule has 2 heteroatoms. The Morgan fingerprint density at radius 1 is 0.316 bits per heavy atom. The second-order valence-electron chi connectivity index (χ2n) is 20.2. The SMILES string of the molecule is C1=CCC=C2C(=C1)C1(c3ccccc32)c2ccccc2-c2cc(N(C3=CC=C(c4ccc(N(c5ccc(-c6ccccc6)cc5)c5ccc(-c6ccccc6)cc5)cc4)CC3)c3ccc(-c4ccccc4)cc3)ccc21. The van der Waals surface area contributed by atoms with Gasteiger partial charge in [0, 0.05) is 34.1 Å². The molecule has 10 aromatic rings. The molecule has 1 unspecified atom stereocenters. The highest BCUT2D eigenvalue weighted by Crippen LogP contribution is 2.64. The Labute approximate surface area is 446 Å². The lowest BCUT2D eigenvalue weighted by atomic mass is 9.70. The van der Waals surface area contributed by atoms with Gasteiger partial charge in [0.25, 0.3) is 0 Å². The second kappa shape index (κ2) is 19.1. The molecule has 0 amide bonds. The van der Waals surface area contributed by atoms with E-state index in [0.29, 0.717) is 0 Å². The maximum atomic E-state index is 2.50. The van der Waals surface area contributed by atoms with Crippen LogP contribution in [0.15, 0.2) is 303 Å². The van der Waals surface area contributed by atoms with Crippen LogP contribution < -0.4 is 9.80 Å². The Bertz CT molecular complexity index is 3870. The summed E-state index contributed by atoms with van der Waals surface area (Å²) >= 11 is 0. The third kappa shape index (κ3) is 7.72. The number of anilines is 5. The number of allylic oxidation sites excluding steroid dienone is 10. The van der Waals surface area contributed by atoms with Crippen molar-refractivity contribution in [2.24, 2.45) is 0 Å². The van der Waals surface area contributed by atoms with Crippen molar-refractivity contribution in [1.29, 1.82) is 0 Å². The van der Waals surface area contributed by atoms with Crippen LogP contribution in [0, 0.1) is 0 Å². The van der Waals surface area contributed by atoms with Crippen LogP contribution in [-0.2, 0) is 5.41 Å². The first-order valence-corrected chi connectivity index (χ1v) is 26.7. The average Bonchev–Trinajstić information content (AvgIpc) is 4.02. The van der Waals surface area contributed by atoms with Gasteiger partial charge in [-0.15, -0.1) is 0 Å². The zero-order valence-electron chi connectivity index (χ0n) is 42.2. The Kier molecular flexibility index (Phi) is 11.3. The molecule has 0 aromatic heterocycles. The van der Waals surface area contributed by atoms with Gasteiger partial charge in [-0.05, 0) is 175 Å². The minimum Gasteiger partial charge on any atom is -0.314 e. The van der Waals surface area contributed by atoms with Crippen molar-refractivity contribution >= 4 is 39.6 Å². The van der Waals surface area contributed by atoms with Crippen molar-refractivity contribution in [3.63, 3.8) is 0 Å². The summed E-state index contributed by atoms with van der Waals surface area (Å²) in [6.07, 6.45) is 16.8. The van der Waals surface area contributed by atoms with Gasteiger partial charge in [-0.1, -0.05) is 225 Å². The van der Waals surface area contributed by atoms with Crippen molar-refractivity contribution in [2.75, 3.05) is 9.80 Å². The molecule has 0 N–H and O–H groups in total. The molecule has 4 aliphatic carbocycles. The maximum Gasteiger partial charge on any atom is 0.0725 e. The number of hydrogen-bond acceptors (Lipinski definition) is 2. The predicted molar refractivity (Wildman–Crippen MR) is 319 cm³/mol. The van der Waals surface area contributed by atoms with E-state index in [-0.39, 0.29) is 0 Å². The lowest BCUT2D eigenvalue weighted by Gasteiger charge is -2.32. The molecule has 0 saturated heterocycles. The van der Waals surface area contributed by atoms with Crippen LogP contribution in [0.4, 0.5) is 28.4 Å². The zero-order valence-corrected chi connectivity index (χ0v) is 42.2. The fraction of sp³-hybridized carbons (Fsp3) is 0.0541. The zero-order chi connectivity index (χ0) is 50.4. The van der Waals surface area contributed by atoms with Gasteiger partial charge in [0.1, 0.15) is 0 Å². The molecular formula is C74H54N2. The van der Waals surface area contributed by atoms with Gasteiger partial charge >= 0.3 is 0 Å². The van der Waals surface area contributed by atoms with E-state index in [2.05, 4.69) is 301 Å². The van der Waals surface area contributed by atoms with Gasteiger partial charge < -0.3 is 9.80 Å². The summed E-state index contributed by atoms with van der Waals surface area (Å²) in [7, 11) is 0. The second-order valence-corrected chi connectivity index (χ2v) is 20.2. The van der Waals surface area contributed by atoms with Gasteiger partial charge in [-0.25, -0.2) is 0 Å². The van der Waals surface area contributed by atoms with E-state index in [1.54, 1.807) is 0 Å². The van der Waals surface area contributed by atoms with Crippen LogP contribution in [0.5, 0.6) is 0 Å². The van der Waals surface area contributed by atoms with Crippen molar-refractivity contribution < 1.29 is 0 Å². The van der Waals surface area contributed by atoms with E-state index in [1.165, 1.54) is 94.7 Å². The fourth-order valence-corrected chi connectivity index (χ4v) is 12.5. The smallest absolute Gasteiger partial charge is 0.0725 e. The third-order valence-corrected chi connectivity index (χ3v) is 16.1. The molecule has 0 aliphatic heterocycles. The standard InChI is InChI=1S/C74H54N2/c1-5-17-52(18-6-1)55-29-39-60(40-30-55)75(61-41-31-56(32-42-61)53-19-7-2-8-20-53)62-43-35-58(36-44-62)59-37-47-64(48-38-59)76(63-45-33-57(34-46-63)54-21-9-3-10-22-54)65-49-50-73-69(51-65)68-25-14-16-28-72(68)74(73)70-26-12-4-11-23-66(70)67-24-13-15-27-71(67)74/h1-10,12-37,39-47,49-51H,11,38,48H2. The summed E-state index contributed by atoms with van der Waals surface area (Å²) in [5.41, 5.74) is 27.1. The van der Waals surface area contributed by atoms with Crippen molar-refractivity contribution in [1.82, 2.24) is 0 Å². The molecule has 1 spiro atoms. The number of rotatable bonds is 10. The summed E-state index contributed by atoms with van der Waals surface area (Å²) in [6, 6.07) is 93.6. The van der Waals surface area contributed by atoms with Crippen LogP contribution in [0.1, 0.15) is 47.1 Å². The molecule has 76 heavy (non-hydrogen) atoms. The Hall–Kier alpha value is -9.50. The lowest BCUT2D eigenvalue weighted by Crippen LogP contribution is -2.26. The van der Waals surface area contributed by atoms with Gasteiger partial charge in [0.15, 0.2) is 0 Å². The molecule has 0 saturated carbocycles. The molecule has 2 nitrogen and oxygen atoms in total. The Morgan fingerprint density at radius 2 is 0.750 bits per heavy atom. The summed E-state index contributed by atoms with van der Waals surface area (Å²) in [5, 5.41) is 0. The summed E-state index contributed by atoms with van der Waals surface area (Å²) in [6.45, 7) is 0. The van der Waals surface area contributed by atoms with E-state index < -0.39 is 5.41 Å². The molecule has 14 rings (SSSR count). The van der Waals surface area contributed by atoms with Crippen LogP contribution in [0.25, 0.3) is 55.7 Å². The minimum atomic E-state index is -0.391. The third-order valence-electron chi connectivity index (χ3n) is 16.1. The first kappa shape index (κ1) is 45.1. The largest absolute Gasteiger partial charge is 0.314 e. The van der Waals surface area contributed by atoms with Gasteiger partial charge in [0.2, 0.25) is 0 Å². The molecule has 360 valence electrons. The Morgan fingerprint density at radius 3 is 1.28 bits per heavy atom. The van der Waals surface area contributed by atoms with E-state index in [1.807, 2.05) is 0 Å². The summed E-state index contributed by atoms with van der Waals surface area (Å²) < 4.78 is 0. The van der Waals surface area contributed by atoms with Crippen LogP contribution >= 0.6 is 0 Å². The highest BCUT2D eigenvalue weighted by Gasteiger charge is 2.53. The highest BCUT2D eigenvalue weighted by molar-refractivity contribution is 6.01. The van der Waals surface area contributed by atoms with Crippen LogP contribution in [0.3, 0.4) is 0 Å². The average molecular weight is 971 g/mol. The van der Waals surface area contributed by atoms with Crippen molar-refractivity contribution in [3.05, 3.63) is 330 Å². The number of nitrogens with zero attached hydrogens (tertiary/aromatic N) is 2. The predicted octanol–water partition coefficient (Wildman–Crippen LogP) is 19.7. The van der Waals surface area contributed by atoms with E-state index in [0.717, 1.165) is 47.7 Å². The quantitative estimate of drug-likeness (QED) is 0.135. The molecule has 0 fully saturated rings. The topological polar surface area (TPSA) is 6.48 Å². The maximum absolute atomic E-state index is 2.50. The number of hydrogen-bond donors (Lipinski definition) is 0. The summed E-state index contributed by atoms with van der Waals surface area (Å²) in [5.74, 6) is 0. The molecule has 0 bridgehead atoms. The lowest BCUT2D eigenvalue weighted by molar-refractivity contribution is 0.794. The fourth-order valence-electron chi connectivity index (χ4n) is 12.5. The normalized spacial score (nSPS) is 15.8. The molecule has 0 heterocycles. The van der Waals surface area contributed by atoms with Gasteiger partial charge in [-0.3, -0.25) is 0 Å². The molecule has 0 radical (unpaired) electrons. The first-order valence-electron chi connectivity index (χ1n) is 26.7. The number of benzene rings is 10. The van der Waals surface area contributed by atoms with Crippen molar-refractivity contribution in [3.8, 4) is 44.5 Å². The van der Waals surface area contributed by atoms with Crippen LogP contribution in [-0.4, -0.2) is 0 Å². The van der Waals surface area contributed by atoms with Crippen LogP contribution in [0.2, 0.25) is 0 Å². The molecular weight excluding hydrogens is 917 g/mol. The van der Waals surface area contributed by atoms with Crippen molar-refractivity contribution in [2.45, 2.75) is 24.7 Å². The van der Waals surface area contributed by atoms with Gasteiger partial charge in [-0.2, -0.15) is 0 Å². The molecule has 10 aromatic carbocycles. The molecule has 4 aliphatic rings. The summed E-state index contributed by atoms with van der Waals surface area (Å²) in [4.78, 5) is 4.87. The Balaban J connectivity index is 0.831. The highest BCUT2D eigenvalue weighted by atomic mass is 15.2. The van der Waals surface area contributed by atoms with E-state index in [4.69, 9.17) is 0 Å². The van der Waals surface area contributed by atoms with Gasteiger partial charge in [0.05, 0.1) is 5.41 Å². The van der Waals surface area contributed by atoms with E-state index >= 15 is 0 Å². The molecule has 1 atom stereocenters. The monoisotopic (exact) mass is 970 g/mol.